The van der Waals surface area contributed by atoms with E-state index in [1.165, 1.54) is 0 Å². The molecule has 0 aliphatic heterocycles. The number of fused-ring (bicyclic) bond motifs is 1. The Morgan fingerprint density at radius 1 is 1.32 bits per heavy atom. The van der Waals surface area contributed by atoms with Crippen LogP contribution in [-0.2, 0) is 0 Å². The molecule has 0 radical (unpaired) electrons. The first-order valence-corrected chi connectivity index (χ1v) is 6.69. The van der Waals surface area contributed by atoms with Crippen LogP contribution in [0.1, 0.15) is 40.5 Å². The summed E-state index contributed by atoms with van der Waals surface area (Å²) in [6.07, 6.45) is 3.61. The Hall–Kier alpha value is -1.85. The molecule has 0 amide bonds. The normalized spacial score (nSPS) is 11.8. The zero-order chi connectivity index (χ0) is 13.9. The van der Waals surface area contributed by atoms with Gasteiger partial charge in [0.25, 0.3) is 0 Å². The van der Waals surface area contributed by atoms with E-state index >= 15 is 0 Å². The first-order chi connectivity index (χ1) is 9.05. The molecule has 0 saturated carbocycles. The monoisotopic (exact) mass is 263 g/mol. The molecule has 0 spiro atoms. The molecular weight excluding hydrogens is 242 g/mol. The van der Waals surface area contributed by atoms with Gasteiger partial charge >= 0.3 is 0 Å². The lowest BCUT2D eigenvalue weighted by molar-refractivity contribution is 0.101. The summed E-state index contributed by atoms with van der Waals surface area (Å²) >= 11 is 0. The van der Waals surface area contributed by atoms with Crippen molar-refractivity contribution in [2.24, 2.45) is 0 Å². The first-order valence-electron chi connectivity index (χ1n) is 6.69. The summed E-state index contributed by atoms with van der Waals surface area (Å²) in [5.41, 5.74) is 0.427. The van der Waals surface area contributed by atoms with E-state index in [1.54, 1.807) is 6.20 Å². The second-order valence-electron chi connectivity index (χ2n) is 5.13. The Bertz CT molecular complexity index is 549. The number of H-pyrrole nitrogens is 1. The molecule has 2 rings (SSSR count). The molecule has 0 aromatic carbocycles. The molecule has 0 bridgehead atoms. The van der Waals surface area contributed by atoms with Gasteiger partial charge in [-0.15, -0.1) is 0 Å². The van der Waals surface area contributed by atoms with Crippen molar-refractivity contribution in [3.8, 4) is 5.88 Å². The third-order valence-corrected chi connectivity index (χ3v) is 3.03. The molecule has 6 heteroatoms. The lowest BCUT2D eigenvalue weighted by Crippen LogP contribution is -2.27. The van der Waals surface area contributed by atoms with E-state index in [-0.39, 0.29) is 5.60 Å². The zero-order valence-corrected chi connectivity index (χ0v) is 11.9. The molecule has 0 atom stereocenters. The molecule has 2 N–H and O–H groups in total. The van der Waals surface area contributed by atoms with Crippen LogP contribution in [0.4, 0.5) is 5.95 Å². The summed E-state index contributed by atoms with van der Waals surface area (Å²) < 4.78 is 5.99. The van der Waals surface area contributed by atoms with Crippen molar-refractivity contribution >= 4 is 17.0 Å². The van der Waals surface area contributed by atoms with Crippen LogP contribution in [0.15, 0.2) is 6.20 Å². The van der Waals surface area contributed by atoms with Gasteiger partial charge in [0.15, 0.2) is 5.65 Å². The number of hydrogen-bond acceptors (Lipinski definition) is 5. The van der Waals surface area contributed by atoms with Gasteiger partial charge in [0.1, 0.15) is 11.0 Å². The first kappa shape index (κ1) is 13.6. The highest BCUT2D eigenvalue weighted by atomic mass is 16.5. The number of hydrogen-bond donors (Lipinski definition) is 2. The molecule has 19 heavy (non-hydrogen) atoms. The molecule has 2 aromatic heterocycles. The summed E-state index contributed by atoms with van der Waals surface area (Å²) in [5, 5.41) is 10.8. The number of anilines is 1. The van der Waals surface area contributed by atoms with Gasteiger partial charge in [-0.05, 0) is 26.7 Å². The topological polar surface area (TPSA) is 75.7 Å². The van der Waals surface area contributed by atoms with Crippen LogP contribution in [-0.4, -0.2) is 32.3 Å². The van der Waals surface area contributed by atoms with Gasteiger partial charge in [0, 0.05) is 6.54 Å². The Labute approximate surface area is 113 Å². The van der Waals surface area contributed by atoms with Crippen LogP contribution < -0.4 is 10.1 Å². The smallest absolute Gasteiger partial charge is 0.230 e. The minimum atomic E-state index is -0.263. The van der Waals surface area contributed by atoms with Gasteiger partial charge in [-0.1, -0.05) is 13.8 Å². The van der Waals surface area contributed by atoms with E-state index in [2.05, 4.69) is 39.3 Å². The maximum atomic E-state index is 5.99. The van der Waals surface area contributed by atoms with Gasteiger partial charge in [-0.2, -0.15) is 15.1 Å². The number of ether oxygens (including phenoxy) is 1. The van der Waals surface area contributed by atoms with Gasteiger partial charge in [0.2, 0.25) is 11.8 Å². The standard InChI is InChI=1S/C13H21N5O/c1-5-7-14-12-16-10-9(8-15-18-10)11(17-12)19-13(3,4)6-2/h8H,5-7H2,1-4H3,(H2,14,15,16,17,18). The van der Waals surface area contributed by atoms with Crippen LogP contribution in [0, 0.1) is 0 Å². The summed E-state index contributed by atoms with van der Waals surface area (Å²) in [5.74, 6) is 1.14. The van der Waals surface area contributed by atoms with Crippen molar-refractivity contribution in [3.63, 3.8) is 0 Å². The fraction of sp³-hybridized carbons (Fsp3) is 0.615. The highest BCUT2D eigenvalue weighted by molar-refractivity contribution is 5.80. The van der Waals surface area contributed by atoms with Crippen LogP contribution in [0.5, 0.6) is 5.88 Å². The van der Waals surface area contributed by atoms with Crippen LogP contribution in [0.3, 0.4) is 0 Å². The lowest BCUT2D eigenvalue weighted by Gasteiger charge is -2.24. The molecular formula is C13H21N5O. The second-order valence-corrected chi connectivity index (χ2v) is 5.13. The van der Waals surface area contributed by atoms with Crippen molar-refractivity contribution in [1.82, 2.24) is 20.2 Å². The largest absolute Gasteiger partial charge is 0.471 e. The quantitative estimate of drug-likeness (QED) is 0.838. The molecule has 0 aliphatic carbocycles. The summed E-state index contributed by atoms with van der Waals surface area (Å²) in [6.45, 7) is 9.10. The predicted molar refractivity (Wildman–Crippen MR) is 75.5 cm³/mol. The Morgan fingerprint density at radius 3 is 2.79 bits per heavy atom. The highest BCUT2D eigenvalue weighted by Crippen LogP contribution is 2.27. The predicted octanol–water partition coefficient (Wildman–Crippen LogP) is 2.74. The highest BCUT2D eigenvalue weighted by Gasteiger charge is 2.20. The van der Waals surface area contributed by atoms with E-state index in [1.807, 2.05) is 13.8 Å². The lowest BCUT2D eigenvalue weighted by atomic mass is 10.1. The fourth-order valence-corrected chi connectivity index (χ4v) is 1.54. The average molecular weight is 263 g/mol. The van der Waals surface area contributed by atoms with Crippen LogP contribution in [0.25, 0.3) is 11.0 Å². The van der Waals surface area contributed by atoms with Gasteiger partial charge in [-0.25, -0.2) is 0 Å². The summed E-state index contributed by atoms with van der Waals surface area (Å²) in [4.78, 5) is 8.81. The maximum Gasteiger partial charge on any atom is 0.230 e. The van der Waals surface area contributed by atoms with Crippen LogP contribution >= 0.6 is 0 Å². The number of nitrogens with one attached hydrogen (secondary N) is 2. The van der Waals surface area contributed by atoms with Crippen LogP contribution in [0.2, 0.25) is 0 Å². The number of aromatic amines is 1. The van der Waals surface area contributed by atoms with Crippen molar-refractivity contribution < 1.29 is 4.74 Å². The molecule has 0 saturated heterocycles. The van der Waals surface area contributed by atoms with Crippen molar-refractivity contribution in [2.75, 3.05) is 11.9 Å². The number of rotatable bonds is 6. The van der Waals surface area contributed by atoms with E-state index < -0.39 is 0 Å². The molecule has 104 valence electrons. The average Bonchev–Trinajstić information content (AvgIpc) is 2.84. The Kier molecular flexibility index (Phi) is 3.87. The molecule has 0 aliphatic rings. The summed E-state index contributed by atoms with van der Waals surface area (Å²) in [7, 11) is 0. The molecule has 0 unspecified atom stereocenters. The molecule has 6 nitrogen and oxygen atoms in total. The third kappa shape index (κ3) is 3.13. The van der Waals surface area contributed by atoms with E-state index in [4.69, 9.17) is 4.74 Å². The van der Waals surface area contributed by atoms with Gasteiger partial charge in [0.05, 0.1) is 6.20 Å². The third-order valence-electron chi connectivity index (χ3n) is 3.03. The Balaban J connectivity index is 2.36. The van der Waals surface area contributed by atoms with Gasteiger partial charge in [-0.3, -0.25) is 5.10 Å². The molecule has 2 aromatic rings. The SMILES string of the molecule is CCCNc1nc(OC(C)(C)CC)c2cn[nH]c2n1. The van der Waals surface area contributed by atoms with E-state index in [0.717, 1.165) is 24.8 Å². The number of aromatic nitrogens is 4. The summed E-state index contributed by atoms with van der Waals surface area (Å²) in [6, 6.07) is 0. The van der Waals surface area contributed by atoms with Crippen molar-refractivity contribution in [2.45, 2.75) is 46.1 Å². The van der Waals surface area contributed by atoms with Crippen molar-refractivity contribution in [3.05, 3.63) is 6.20 Å². The second kappa shape index (κ2) is 5.42. The minimum Gasteiger partial charge on any atom is -0.471 e. The fourth-order valence-electron chi connectivity index (χ4n) is 1.54. The Morgan fingerprint density at radius 2 is 2.11 bits per heavy atom. The van der Waals surface area contributed by atoms with E-state index in [9.17, 15) is 0 Å². The maximum absolute atomic E-state index is 5.99. The van der Waals surface area contributed by atoms with E-state index in [0.29, 0.717) is 17.5 Å². The van der Waals surface area contributed by atoms with Gasteiger partial charge < -0.3 is 10.1 Å². The zero-order valence-electron chi connectivity index (χ0n) is 11.9. The minimum absolute atomic E-state index is 0.263. The molecule has 2 heterocycles. The van der Waals surface area contributed by atoms with Crippen molar-refractivity contribution in [1.29, 1.82) is 0 Å². The molecule has 0 fully saturated rings. The number of nitrogens with zero attached hydrogens (tertiary/aromatic N) is 3.